The van der Waals surface area contributed by atoms with Crippen molar-refractivity contribution in [2.75, 3.05) is 13.1 Å². The van der Waals surface area contributed by atoms with Gasteiger partial charge >= 0.3 is 5.63 Å². The highest BCUT2D eigenvalue weighted by Crippen LogP contribution is 2.22. The standard InChI is InChI=1S/C20H25N3O4/c1-12(21)20(26)23-9-7-14(8-10-23)13(2)22-19(25)16-3-5-17-15(11-16)4-6-18(24)27-17/h3-6,11-14H,7-10,21H2,1-2H3,(H,22,25)/t12-,13?/m0/s1. The molecule has 1 aromatic carbocycles. The van der Waals surface area contributed by atoms with Crippen molar-refractivity contribution in [1.82, 2.24) is 10.2 Å². The third-order valence-corrected chi connectivity index (χ3v) is 5.19. The molecule has 2 amide bonds. The zero-order valence-electron chi connectivity index (χ0n) is 15.6. The Morgan fingerprint density at radius 3 is 2.56 bits per heavy atom. The van der Waals surface area contributed by atoms with Gasteiger partial charge in [-0.25, -0.2) is 4.79 Å². The van der Waals surface area contributed by atoms with Crippen LogP contribution in [0.3, 0.4) is 0 Å². The minimum atomic E-state index is -0.476. The molecular formula is C20H25N3O4. The lowest BCUT2D eigenvalue weighted by molar-refractivity contribution is -0.133. The first-order valence-corrected chi connectivity index (χ1v) is 9.24. The maximum atomic E-state index is 12.6. The summed E-state index contributed by atoms with van der Waals surface area (Å²) in [6.45, 7) is 5.03. The van der Waals surface area contributed by atoms with Crippen molar-refractivity contribution in [2.45, 2.75) is 38.8 Å². The van der Waals surface area contributed by atoms with Crippen molar-refractivity contribution in [2.24, 2.45) is 11.7 Å². The first-order chi connectivity index (χ1) is 12.8. The molecule has 0 aliphatic carbocycles. The number of nitrogens with zero attached hydrogens (tertiary/aromatic N) is 1. The zero-order valence-corrected chi connectivity index (χ0v) is 15.6. The fourth-order valence-corrected chi connectivity index (χ4v) is 3.53. The van der Waals surface area contributed by atoms with Gasteiger partial charge in [0.25, 0.3) is 5.91 Å². The van der Waals surface area contributed by atoms with Gasteiger partial charge in [-0.3, -0.25) is 9.59 Å². The van der Waals surface area contributed by atoms with Crippen molar-refractivity contribution in [3.63, 3.8) is 0 Å². The topological polar surface area (TPSA) is 106 Å². The van der Waals surface area contributed by atoms with E-state index in [1.54, 1.807) is 36.1 Å². The van der Waals surface area contributed by atoms with Crippen LogP contribution in [0.5, 0.6) is 0 Å². The molecule has 7 heteroatoms. The van der Waals surface area contributed by atoms with Gasteiger partial charge in [-0.05, 0) is 56.9 Å². The number of likely N-dealkylation sites (tertiary alicyclic amines) is 1. The summed E-state index contributed by atoms with van der Waals surface area (Å²) in [5, 5.41) is 3.76. The lowest BCUT2D eigenvalue weighted by Gasteiger charge is -2.35. The van der Waals surface area contributed by atoms with E-state index in [1.165, 1.54) is 6.07 Å². The van der Waals surface area contributed by atoms with Gasteiger partial charge in [-0.1, -0.05) is 0 Å². The summed E-state index contributed by atoms with van der Waals surface area (Å²) in [6.07, 6.45) is 1.67. The molecule has 1 aliphatic rings. The molecule has 1 unspecified atom stereocenters. The number of carbonyl (C=O) groups excluding carboxylic acids is 2. The number of carbonyl (C=O) groups is 2. The zero-order chi connectivity index (χ0) is 19.6. The minimum Gasteiger partial charge on any atom is -0.423 e. The monoisotopic (exact) mass is 371 g/mol. The predicted octanol–water partition coefficient (Wildman–Crippen LogP) is 1.50. The number of nitrogens with one attached hydrogen (secondary N) is 1. The summed E-state index contributed by atoms with van der Waals surface area (Å²) in [5.74, 6) is 0.127. The smallest absolute Gasteiger partial charge is 0.336 e. The van der Waals surface area contributed by atoms with Gasteiger partial charge in [0.1, 0.15) is 5.58 Å². The molecule has 1 aliphatic heterocycles. The molecule has 1 fully saturated rings. The quantitative estimate of drug-likeness (QED) is 0.792. The average molecular weight is 371 g/mol. The molecule has 1 saturated heterocycles. The maximum absolute atomic E-state index is 12.6. The van der Waals surface area contributed by atoms with E-state index in [0.29, 0.717) is 35.5 Å². The van der Waals surface area contributed by atoms with Crippen LogP contribution in [-0.4, -0.2) is 41.9 Å². The molecule has 2 heterocycles. The van der Waals surface area contributed by atoms with Crippen molar-refractivity contribution in [1.29, 1.82) is 0 Å². The Labute approximate surface area is 157 Å². The first kappa shape index (κ1) is 19.1. The molecule has 7 nitrogen and oxygen atoms in total. The van der Waals surface area contributed by atoms with Gasteiger partial charge in [0.2, 0.25) is 5.91 Å². The van der Waals surface area contributed by atoms with E-state index in [9.17, 15) is 14.4 Å². The van der Waals surface area contributed by atoms with Crippen LogP contribution in [0.15, 0.2) is 39.5 Å². The molecule has 3 rings (SSSR count). The van der Waals surface area contributed by atoms with Gasteiger partial charge in [-0.2, -0.15) is 0 Å². The van der Waals surface area contributed by atoms with E-state index in [0.717, 1.165) is 12.8 Å². The number of piperidine rings is 1. The van der Waals surface area contributed by atoms with E-state index < -0.39 is 11.7 Å². The fourth-order valence-electron chi connectivity index (χ4n) is 3.53. The number of hydrogen-bond acceptors (Lipinski definition) is 5. The van der Waals surface area contributed by atoms with Crippen LogP contribution in [0.1, 0.15) is 37.0 Å². The molecule has 1 aromatic heterocycles. The molecule has 0 spiro atoms. The van der Waals surface area contributed by atoms with Gasteiger partial charge in [-0.15, -0.1) is 0 Å². The average Bonchev–Trinajstić information content (AvgIpc) is 2.66. The second-order valence-electron chi connectivity index (χ2n) is 7.22. The second-order valence-corrected chi connectivity index (χ2v) is 7.22. The summed E-state index contributed by atoms with van der Waals surface area (Å²) in [4.78, 5) is 37.6. The summed E-state index contributed by atoms with van der Waals surface area (Å²) in [7, 11) is 0. The van der Waals surface area contributed by atoms with Crippen molar-refractivity contribution in [3.05, 3.63) is 46.3 Å². The molecule has 2 aromatic rings. The molecule has 27 heavy (non-hydrogen) atoms. The number of amides is 2. The van der Waals surface area contributed by atoms with Crippen LogP contribution in [0.25, 0.3) is 11.0 Å². The Bertz CT molecular complexity index is 897. The highest BCUT2D eigenvalue weighted by molar-refractivity contribution is 5.97. The van der Waals surface area contributed by atoms with Crippen LogP contribution in [0.4, 0.5) is 0 Å². The Hall–Kier alpha value is -2.67. The van der Waals surface area contributed by atoms with Crippen LogP contribution in [0, 0.1) is 5.92 Å². The lowest BCUT2D eigenvalue weighted by atomic mass is 9.90. The first-order valence-electron chi connectivity index (χ1n) is 9.24. The lowest BCUT2D eigenvalue weighted by Crippen LogP contribution is -2.49. The minimum absolute atomic E-state index is 0.00513. The summed E-state index contributed by atoms with van der Waals surface area (Å²) >= 11 is 0. The number of benzene rings is 1. The van der Waals surface area contributed by atoms with Crippen molar-refractivity contribution in [3.8, 4) is 0 Å². The van der Waals surface area contributed by atoms with E-state index in [2.05, 4.69) is 5.32 Å². The SMILES string of the molecule is CC(NC(=O)c1ccc2oc(=O)ccc2c1)C1CCN(C(=O)[C@H](C)N)CC1. The molecule has 2 atom stereocenters. The Morgan fingerprint density at radius 1 is 1.19 bits per heavy atom. The third-order valence-electron chi connectivity index (χ3n) is 5.19. The van der Waals surface area contributed by atoms with Crippen LogP contribution in [-0.2, 0) is 4.79 Å². The van der Waals surface area contributed by atoms with Crippen molar-refractivity contribution < 1.29 is 14.0 Å². The largest absolute Gasteiger partial charge is 0.423 e. The molecule has 3 N–H and O–H groups in total. The molecule has 0 radical (unpaired) electrons. The summed E-state index contributed by atoms with van der Waals surface area (Å²) < 4.78 is 5.09. The van der Waals surface area contributed by atoms with E-state index in [1.807, 2.05) is 6.92 Å². The van der Waals surface area contributed by atoms with Gasteiger partial charge in [0, 0.05) is 36.1 Å². The van der Waals surface area contributed by atoms with E-state index in [-0.39, 0.29) is 17.9 Å². The number of fused-ring (bicyclic) bond motifs is 1. The van der Waals surface area contributed by atoms with Crippen LogP contribution < -0.4 is 16.7 Å². The Morgan fingerprint density at radius 2 is 1.89 bits per heavy atom. The summed E-state index contributed by atoms with van der Waals surface area (Å²) in [5.41, 5.74) is 6.23. The highest BCUT2D eigenvalue weighted by atomic mass is 16.4. The van der Waals surface area contributed by atoms with Crippen molar-refractivity contribution >= 4 is 22.8 Å². The maximum Gasteiger partial charge on any atom is 0.336 e. The Balaban J connectivity index is 1.60. The molecule has 144 valence electrons. The molecular weight excluding hydrogens is 346 g/mol. The highest BCUT2D eigenvalue weighted by Gasteiger charge is 2.28. The predicted molar refractivity (Wildman–Crippen MR) is 102 cm³/mol. The fraction of sp³-hybridized carbons (Fsp3) is 0.450. The summed E-state index contributed by atoms with van der Waals surface area (Å²) in [6, 6.07) is 7.50. The van der Waals surface area contributed by atoms with E-state index in [4.69, 9.17) is 10.2 Å². The number of nitrogens with two attached hydrogens (primary N) is 1. The normalized spacial score (nSPS) is 17.5. The third kappa shape index (κ3) is 4.36. The molecule has 0 saturated carbocycles. The van der Waals surface area contributed by atoms with Gasteiger partial charge in [0.15, 0.2) is 0 Å². The van der Waals surface area contributed by atoms with Gasteiger partial charge < -0.3 is 20.4 Å². The number of hydrogen-bond donors (Lipinski definition) is 2. The van der Waals surface area contributed by atoms with Crippen LogP contribution in [0.2, 0.25) is 0 Å². The van der Waals surface area contributed by atoms with E-state index >= 15 is 0 Å². The molecule has 0 bridgehead atoms. The number of rotatable bonds is 4. The Kier molecular flexibility index (Phi) is 5.60. The second kappa shape index (κ2) is 7.92. The van der Waals surface area contributed by atoms with Crippen LogP contribution >= 0.6 is 0 Å². The van der Waals surface area contributed by atoms with Gasteiger partial charge in [0.05, 0.1) is 6.04 Å².